The van der Waals surface area contributed by atoms with Crippen molar-refractivity contribution in [2.45, 2.75) is 12.5 Å². The minimum absolute atomic E-state index is 0.0543. The van der Waals surface area contributed by atoms with Crippen LogP contribution in [0.4, 0.5) is 0 Å². The van der Waals surface area contributed by atoms with Gasteiger partial charge < -0.3 is 4.74 Å². The largest absolute Gasteiger partial charge is 0.485 e. The number of para-hydroxylation sites is 1. The van der Waals surface area contributed by atoms with E-state index in [-0.39, 0.29) is 6.10 Å². The fourth-order valence-corrected chi connectivity index (χ4v) is 2.45. The molecule has 2 heteroatoms. The summed E-state index contributed by atoms with van der Waals surface area (Å²) in [5, 5.41) is 0. The summed E-state index contributed by atoms with van der Waals surface area (Å²) < 4.78 is 6.00. The van der Waals surface area contributed by atoms with Gasteiger partial charge in [0.05, 0.1) is 0 Å². The molecule has 3 rings (SSSR count). The third kappa shape index (κ3) is 1.96. The lowest BCUT2D eigenvalue weighted by molar-refractivity contribution is 0.207. The molecule has 2 aromatic rings. The predicted octanol–water partition coefficient (Wildman–Crippen LogP) is 3.93. The van der Waals surface area contributed by atoms with E-state index in [0.717, 1.165) is 22.6 Å². The number of fused-ring (bicyclic) bond motifs is 1. The lowest BCUT2D eigenvalue weighted by atomic mass is 9.97. The summed E-state index contributed by atoms with van der Waals surface area (Å²) in [4.78, 5) is 0.987. The molecule has 1 aliphatic heterocycles. The van der Waals surface area contributed by atoms with Crippen LogP contribution in [0.5, 0.6) is 5.75 Å². The maximum Gasteiger partial charge on any atom is 0.129 e. The van der Waals surface area contributed by atoms with Crippen LogP contribution in [0.25, 0.3) is 0 Å². The summed E-state index contributed by atoms with van der Waals surface area (Å²) in [6.07, 6.45) is 0.842. The van der Waals surface area contributed by atoms with E-state index in [0.29, 0.717) is 0 Å². The van der Waals surface area contributed by atoms with Crippen LogP contribution in [0.1, 0.15) is 23.7 Å². The number of ether oxygens (including phenoxy) is 1. The zero-order valence-corrected chi connectivity index (χ0v) is 10.1. The highest BCUT2D eigenvalue weighted by Crippen LogP contribution is 2.34. The monoisotopic (exact) mass is 240 g/mol. The molecular weight excluding hydrogens is 228 g/mol. The maximum absolute atomic E-state index is 6.00. The average Bonchev–Trinajstić information content (AvgIpc) is 2.40. The van der Waals surface area contributed by atoms with Gasteiger partial charge >= 0.3 is 0 Å². The molecule has 1 aliphatic rings. The normalized spacial score (nSPS) is 18.4. The van der Waals surface area contributed by atoms with Crippen LogP contribution in [0, 0.1) is 0 Å². The molecule has 1 nitrogen and oxygen atoms in total. The lowest BCUT2D eigenvalue weighted by Gasteiger charge is -2.26. The van der Waals surface area contributed by atoms with Crippen molar-refractivity contribution in [3.05, 3.63) is 65.7 Å². The first-order valence-corrected chi connectivity index (χ1v) is 6.09. The maximum atomic E-state index is 6.00. The minimum atomic E-state index is 0.0543. The SMILES string of the molecule is S=C1CC(c2ccccc2)Oc2ccccc21. The molecule has 0 aliphatic carbocycles. The van der Waals surface area contributed by atoms with E-state index in [4.69, 9.17) is 17.0 Å². The molecule has 0 spiro atoms. The van der Waals surface area contributed by atoms with E-state index in [2.05, 4.69) is 12.1 Å². The summed E-state index contributed by atoms with van der Waals surface area (Å²) in [6, 6.07) is 18.2. The van der Waals surface area contributed by atoms with Crippen LogP contribution in [0.2, 0.25) is 0 Å². The summed E-state index contributed by atoms with van der Waals surface area (Å²) in [7, 11) is 0. The van der Waals surface area contributed by atoms with E-state index in [9.17, 15) is 0 Å². The zero-order chi connectivity index (χ0) is 11.7. The first kappa shape index (κ1) is 10.5. The molecule has 0 radical (unpaired) electrons. The Balaban J connectivity index is 1.97. The van der Waals surface area contributed by atoms with Crippen molar-refractivity contribution >= 4 is 17.1 Å². The van der Waals surface area contributed by atoms with Gasteiger partial charge in [0, 0.05) is 16.8 Å². The van der Waals surface area contributed by atoms with Crippen molar-refractivity contribution in [3.63, 3.8) is 0 Å². The van der Waals surface area contributed by atoms with Gasteiger partial charge in [-0.3, -0.25) is 0 Å². The standard InChI is InChI=1S/C15H12OS/c17-15-10-14(11-6-2-1-3-7-11)16-13-9-5-4-8-12(13)15/h1-9,14H,10H2. The van der Waals surface area contributed by atoms with Gasteiger partial charge in [0.25, 0.3) is 0 Å². The minimum Gasteiger partial charge on any atom is -0.485 e. The van der Waals surface area contributed by atoms with Crippen LogP contribution in [0.3, 0.4) is 0 Å². The third-order valence-electron chi connectivity index (χ3n) is 3.00. The molecule has 1 unspecified atom stereocenters. The Morgan fingerprint density at radius 1 is 0.941 bits per heavy atom. The topological polar surface area (TPSA) is 9.23 Å². The molecule has 0 N–H and O–H groups in total. The molecule has 0 aromatic heterocycles. The van der Waals surface area contributed by atoms with Gasteiger partial charge in [0.1, 0.15) is 11.9 Å². The van der Waals surface area contributed by atoms with Gasteiger partial charge in [0.15, 0.2) is 0 Å². The smallest absolute Gasteiger partial charge is 0.129 e. The third-order valence-corrected chi connectivity index (χ3v) is 3.39. The van der Waals surface area contributed by atoms with E-state index in [1.54, 1.807) is 0 Å². The molecule has 17 heavy (non-hydrogen) atoms. The highest BCUT2D eigenvalue weighted by Gasteiger charge is 2.24. The first-order chi connectivity index (χ1) is 8.34. The van der Waals surface area contributed by atoms with Gasteiger partial charge in [-0.25, -0.2) is 0 Å². The van der Waals surface area contributed by atoms with Crippen LogP contribution >= 0.6 is 12.2 Å². The lowest BCUT2D eigenvalue weighted by Crippen LogP contribution is -2.19. The summed E-state index contributed by atoms with van der Waals surface area (Å²) in [5.41, 5.74) is 2.25. The Hall–Kier alpha value is -1.67. The van der Waals surface area contributed by atoms with Crippen LogP contribution in [-0.4, -0.2) is 4.86 Å². The molecular formula is C15H12OS. The number of thiocarbonyl (C=S) groups is 1. The number of benzene rings is 2. The summed E-state index contributed by atoms with van der Waals surface area (Å²) >= 11 is 5.46. The van der Waals surface area contributed by atoms with Crippen molar-refractivity contribution in [2.75, 3.05) is 0 Å². The van der Waals surface area contributed by atoms with E-state index in [1.165, 1.54) is 5.56 Å². The highest BCUT2D eigenvalue weighted by atomic mass is 32.1. The molecule has 0 saturated carbocycles. The van der Waals surface area contributed by atoms with Crippen molar-refractivity contribution in [1.82, 2.24) is 0 Å². The molecule has 0 saturated heterocycles. The van der Waals surface area contributed by atoms with Gasteiger partial charge in [-0.15, -0.1) is 0 Å². The van der Waals surface area contributed by atoms with Crippen LogP contribution in [0.15, 0.2) is 54.6 Å². The molecule has 0 bridgehead atoms. The fraction of sp³-hybridized carbons (Fsp3) is 0.133. The van der Waals surface area contributed by atoms with Gasteiger partial charge in [0.2, 0.25) is 0 Å². The Morgan fingerprint density at radius 3 is 2.47 bits per heavy atom. The van der Waals surface area contributed by atoms with Crippen molar-refractivity contribution in [3.8, 4) is 5.75 Å². The molecule has 0 fully saturated rings. The average molecular weight is 240 g/mol. The Kier molecular flexibility index (Phi) is 2.65. The predicted molar refractivity (Wildman–Crippen MR) is 72.6 cm³/mol. The van der Waals surface area contributed by atoms with Gasteiger partial charge in [-0.05, 0) is 11.6 Å². The van der Waals surface area contributed by atoms with Crippen molar-refractivity contribution in [2.24, 2.45) is 0 Å². The van der Waals surface area contributed by atoms with Gasteiger partial charge in [-0.2, -0.15) is 0 Å². The van der Waals surface area contributed by atoms with E-state index >= 15 is 0 Å². The zero-order valence-electron chi connectivity index (χ0n) is 9.30. The summed E-state index contributed by atoms with van der Waals surface area (Å²) in [5.74, 6) is 0.901. The van der Waals surface area contributed by atoms with Gasteiger partial charge in [-0.1, -0.05) is 60.7 Å². The Morgan fingerprint density at radius 2 is 1.65 bits per heavy atom. The van der Waals surface area contributed by atoms with Crippen LogP contribution in [-0.2, 0) is 0 Å². The number of rotatable bonds is 1. The molecule has 1 atom stereocenters. The fourth-order valence-electron chi connectivity index (χ4n) is 2.13. The summed E-state index contributed by atoms with van der Waals surface area (Å²) in [6.45, 7) is 0. The Bertz CT molecular complexity index is 548. The molecule has 84 valence electrons. The second-order valence-electron chi connectivity index (χ2n) is 4.14. The second-order valence-corrected chi connectivity index (χ2v) is 4.63. The molecule has 2 aromatic carbocycles. The highest BCUT2D eigenvalue weighted by molar-refractivity contribution is 7.80. The quantitative estimate of drug-likeness (QED) is 0.698. The van der Waals surface area contributed by atoms with Crippen molar-refractivity contribution < 1.29 is 4.74 Å². The second kappa shape index (κ2) is 4.30. The Labute approximate surface area is 106 Å². The molecule has 0 amide bonds. The van der Waals surface area contributed by atoms with E-state index < -0.39 is 0 Å². The number of hydrogen-bond acceptors (Lipinski definition) is 2. The van der Waals surface area contributed by atoms with E-state index in [1.807, 2.05) is 42.5 Å². The number of hydrogen-bond donors (Lipinski definition) is 0. The first-order valence-electron chi connectivity index (χ1n) is 5.68. The molecule has 1 heterocycles. The van der Waals surface area contributed by atoms with Crippen LogP contribution < -0.4 is 4.74 Å². The van der Waals surface area contributed by atoms with Crippen molar-refractivity contribution in [1.29, 1.82) is 0 Å².